The Morgan fingerprint density at radius 3 is 2.38 bits per heavy atom. The highest BCUT2D eigenvalue weighted by atomic mass is 32.1. The van der Waals surface area contributed by atoms with Crippen LogP contribution in [0.2, 0.25) is 0 Å². The molecular formula is C12H18N4O4S. The topological polar surface area (TPSA) is 117 Å². The molecule has 1 aromatic heterocycles. The van der Waals surface area contributed by atoms with Crippen LogP contribution in [0, 0.1) is 0 Å². The van der Waals surface area contributed by atoms with Gasteiger partial charge >= 0.3 is 5.97 Å². The summed E-state index contributed by atoms with van der Waals surface area (Å²) in [6.45, 7) is 8.18. The maximum absolute atomic E-state index is 12.0. The van der Waals surface area contributed by atoms with Crippen molar-refractivity contribution in [2.75, 3.05) is 5.73 Å². The summed E-state index contributed by atoms with van der Waals surface area (Å²) >= 11 is 0.925. The van der Waals surface area contributed by atoms with Gasteiger partial charge < -0.3 is 15.3 Å². The number of nitrogen functional groups attached to an aromatic ring is 1. The number of nitrogens with zero attached hydrogens (tertiary/aromatic N) is 3. The lowest BCUT2D eigenvalue weighted by Gasteiger charge is -2.26. The van der Waals surface area contributed by atoms with Crippen LogP contribution in [0.4, 0.5) is 5.13 Å². The second-order valence-corrected chi connectivity index (χ2v) is 6.44. The smallest absolute Gasteiger partial charge is 0.353 e. The molecule has 21 heavy (non-hydrogen) atoms. The molecular weight excluding hydrogens is 296 g/mol. The van der Waals surface area contributed by atoms with Crippen molar-refractivity contribution in [1.29, 1.82) is 0 Å². The van der Waals surface area contributed by atoms with E-state index < -0.39 is 17.2 Å². The van der Waals surface area contributed by atoms with Gasteiger partial charge in [0, 0.05) is 11.5 Å². The van der Waals surface area contributed by atoms with Gasteiger partial charge in [0.1, 0.15) is 5.60 Å². The SMILES string of the molecule is CC(C)(C)OC(=O)C(C)(C)O/N=C(\C=O)c1nsc(N)n1. The van der Waals surface area contributed by atoms with E-state index in [0.29, 0.717) is 6.29 Å². The molecule has 0 spiro atoms. The molecule has 0 amide bonds. The molecule has 0 saturated carbocycles. The fraction of sp³-hybridized carbons (Fsp3) is 0.583. The Labute approximate surface area is 126 Å². The van der Waals surface area contributed by atoms with Crippen LogP contribution in [0.3, 0.4) is 0 Å². The summed E-state index contributed by atoms with van der Waals surface area (Å²) in [5, 5.41) is 3.82. The van der Waals surface area contributed by atoms with Gasteiger partial charge in [-0.25, -0.2) is 4.79 Å². The summed E-state index contributed by atoms with van der Waals surface area (Å²) in [6.07, 6.45) is 0.423. The first-order valence-corrected chi connectivity index (χ1v) is 6.87. The average molecular weight is 314 g/mol. The van der Waals surface area contributed by atoms with Crippen LogP contribution in [0.1, 0.15) is 40.4 Å². The van der Waals surface area contributed by atoms with E-state index in [-0.39, 0.29) is 16.7 Å². The molecule has 0 bridgehead atoms. The third kappa shape index (κ3) is 5.10. The molecule has 0 aliphatic carbocycles. The van der Waals surface area contributed by atoms with Crippen LogP contribution in [0.15, 0.2) is 5.16 Å². The molecule has 0 saturated heterocycles. The number of esters is 1. The number of anilines is 1. The quantitative estimate of drug-likeness (QED) is 0.375. The average Bonchev–Trinajstić information content (AvgIpc) is 2.74. The number of ether oxygens (including phenoxy) is 1. The molecule has 116 valence electrons. The monoisotopic (exact) mass is 314 g/mol. The number of aromatic nitrogens is 2. The van der Waals surface area contributed by atoms with E-state index in [1.54, 1.807) is 20.8 Å². The van der Waals surface area contributed by atoms with E-state index in [1.807, 2.05) is 0 Å². The maximum atomic E-state index is 12.0. The van der Waals surface area contributed by atoms with E-state index in [4.69, 9.17) is 15.3 Å². The Morgan fingerprint density at radius 2 is 1.95 bits per heavy atom. The standard InChI is InChI=1S/C12H18N4O4S/c1-11(2,3)19-9(18)12(4,5)20-15-7(6-17)8-14-10(13)21-16-8/h6H,1-5H3,(H2,13,14,16)/b15-7+. The summed E-state index contributed by atoms with van der Waals surface area (Å²) < 4.78 is 9.05. The van der Waals surface area contributed by atoms with Crippen LogP contribution >= 0.6 is 11.5 Å². The van der Waals surface area contributed by atoms with Gasteiger partial charge in [-0.15, -0.1) is 0 Å². The number of hydrogen-bond donors (Lipinski definition) is 1. The fourth-order valence-corrected chi connectivity index (χ4v) is 1.50. The van der Waals surface area contributed by atoms with Gasteiger partial charge in [-0.3, -0.25) is 4.79 Å². The molecule has 0 aliphatic rings. The first kappa shape index (κ1) is 17.0. The minimum atomic E-state index is -1.36. The van der Waals surface area contributed by atoms with E-state index in [0.717, 1.165) is 11.5 Å². The summed E-state index contributed by atoms with van der Waals surface area (Å²) in [7, 11) is 0. The summed E-state index contributed by atoms with van der Waals surface area (Å²) in [6, 6.07) is 0. The van der Waals surface area contributed by atoms with Gasteiger partial charge in [-0.1, -0.05) is 5.16 Å². The minimum absolute atomic E-state index is 0.0486. The van der Waals surface area contributed by atoms with Crippen LogP contribution in [0.5, 0.6) is 0 Å². The molecule has 0 aliphatic heterocycles. The molecule has 0 atom stereocenters. The largest absolute Gasteiger partial charge is 0.457 e. The van der Waals surface area contributed by atoms with Crippen molar-refractivity contribution in [3.8, 4) is 0 Å². The summed E-state index contributed by atoms with van der Waals surface area (Å²) in [4.78, 5) is 31.9. The van der Waals surface area contributed by atoms with Gasteiger partial charge in [0.05, 0.1) is 0 Å². The second-order valence-electron chi connectivity index (χ2n) is 5.65. The zero-order valence-electron chi connectivity index (χ0n) is 12.5. The van der Waals surface area contributed by atoms with Crippen molar-refractivity contribution in [3.05, 3.63) is 5.82 Å². The number of hydrogen-bond acceptors (Lipinski definition) is 9. The van der Waals surface area contributed by atoms with Crippen LogP contribution < -0.4 is 5.73 Å². The number of aldehydes is 1. The third-order valence-electron chi connectivity index (χ3n) is 2.05. The van der Waals surface area contributed by atoms with Gasteiger partial charge in [0.15, 0.2) is 23.0 Å². The van der Waals surface area contributed by atoms with Crippen molar-refractivity contribution in [2.45, 2.75) is 45.8 Å². The van der Waals surface area contributed by atoms with Crippen molar-refractivity contribution in [3.63, 3.8) is 0 Å². The zero-order chi connectivity index (χ0) is 16.3. The molecule has 1 heterocycles. The molecule has 0 unspecified atom stereocenters. The highest BCUT2D eigenvalue weighted by Gasteiger charge is 2.35. The Hall–Kier alpha value is -2.03. The lowest BCUT2D eigenvalue weighted by molar-refractivity contribution is -0.179. The predicted octanol–water partition coefficient (Wildman–Crippen LogP) is 1.16. The minimum Gasteiger partial charge on any atom is -0.457 e. The molecule has 2 N–H and O–H groups in total. The van der Waals surface area contributed by atoms with Crippen LogP contribution in [-0.4, -0.2) is 38.5 Å². The number of rotatable bonds is 5. The molecule has 0 fully saturated rings. The van der Waals surface area contributed by atoms with Gasteiger partial charge in [-0.2, -0.15) is 9.36 Å². The Morgan fingerprint density at radius 1 is 1.33 bits per heavy atom. The second kappa shape index (κ2) is 6.17. The summed E-state index contributed by atoms with van der Waals surface area (Å²) in [5.74, 6) is -0.553. The van der Waals surface area contributed by atoms with Gasteiger partial charge in [-0.05, 0) is 34.6 Å². The van der Waals surface area contributed by atoms with E-state index in [2.05, 4.69) is 14.5 Å². The first-order valence-electron chi connectivity index (χ1n) is 6.09. The van der Waals surface area contributed by atoms with E-state index in [1.165, 1.54) is 13.8 Å². The summed E-state index contributed by atoms with van der Waals surface area (Å²) in [5.41, 5.74) is 3.27. The maximum Gasteiger partial charge on any atom is 0.353 e. The number of carbonyl (C=O) groups excluding carboxylic acids is 2. The molecule has 0 radical (unpaired) electrons. The highest BCUT2D eigenvalue weighted by molar-refractivity contribution is 7.09. The molecule has 0 aromatic carbocycles. The molecule has 9 heteroatoms. The Kier molecular flexibility index (Phi) is 5.00. The van der Waals surface area contributed by atoms with Crippen molar-refractivity contribution in [1.82, 2.24) is 9.36 Å². The molecule has 1 aromatic rings. The Balaban J connectivity index is 2.85. The number of carbonyl (C=O) groups is 2. The van der Waals surface area contributed by atoms with Crippen LogP contribution in [0.25, 0.3) is 0 Å². The number of nitrogens with two attached hydrogens (primary N) is 1. The zero-order valence-corrected chi connectivity index (χ0v) is 13.4. The van der Waals surface area contributed by atoms with Crippen molar-refractivity contribution in [2.24, 2.45) is 5.16 Å². The normalized spacial score (nSPS) is 12.9. The Bertz CT molecular complexity index is 560. The predicted molar refractivity (Wildman–Crippen MR) is 77.9 cm³/mol. The molecule has 1 rings (SSSR count). The van der Waals surface area contributed by atoms with Crippen molar-refractivity contribution >= 4 is 34.6 Å². The van der Waals surface area contributed by atoms with Gasteiger partial charge in [0.25, 0.3) is 0 Å². The lowest BCUT2D eigenvalue weighted by Crippen LogP contribution is -2.40. The lowest BCUT2D eigenvalue weighted by atomic mass is 10.1. The molecule has 8 nitrogen and oxygen atoms in total. The van der Waals surface area contributed by atoms with Gasteiger partial charge in [0.2, 0.25) is 5.60 Å². The van der Waals surface area contributed by atoms with Crippen molar-refractivity contribution < 1.29 is 19.2 Å². The van der Waals surface area contributed by atoms with E-state index in [9.17, 15) is 9.59 Å². The fourth-order valence-electron chi connectivity index (χ4n) is 1.06. The van der Waals surface area contributed by atoms with Crippen LogP contribution in [-0.2, 0) is 19.2 Å². The third-order valence-corrected chi connectivity index (χ3v) is 2.59. The first-order chi connectivity index (χ1) is 9.55. The number of oxime groups is 1. The van der Waals surface area contributed by atoms with E-state index >= 15 is 0 Å². The highest BCUT2D eigenvalue weighted by Crippen LogP contribution is 2.18.